The molecule has 3 N–H and O–H groups in total. The second kappa shape index (κ2) is 2.44. The molecule has 12 heavy (non-hydrogen) atoms. The van der Waals surface area contributed by atoms with Crippen LogP contribution in [0.4, 0.5) is 0 Å². The molecule has 3 aliphatic carbocycles. The van der Waals surface area contributed by atoms with Crippen LogP contribution in [-0.4, -0.2) is 19.1 Å². The van der Waals surface area contributed by atoms with Crippen LogP contribution < -0.4 is 11.3 Å². The maximum Gasteiger partial charge on any atom is 0.324 e. The van der Waals surface area contributed by atoms with Gasteiger partial charge in [0.2, 0.25) is 0 Å². The summed E-state index contributed by atoms with van der Waals surface area (Å²) in [6.45, 7) is 0. The van der Waals surface area contributed by atoms with Gasteiger partial charge in [0.1, 0.15) is 6.04 Å². The van der Waals surface area contributed by atoms with E-state index in [1.807, 2.05) is 0 Å². The van der Waals surface area contributed by atoms with Crippen molar-refractivity contribution in [3.05, 3.63) is 0 Å². The van der Waals surface area contributed by atoms with Gasteiger partial charge in [-0.25, -0.2) is 5.43 Å². The smallest absolute Gasteiger partial charge is 0.324 e. The molecule has 3 aliphatic rings. The van der Waals surface area contributed by atoms with Crippen LogP contribution in [0.5, 0.6) is 0 Å². The summed E-state index contributed by atoms with van der Waals surface area (Å²) in [5.41, 5.74) is 2.70. The maximum atomic E-state index is 11.2. The number of carbonyl (C=O) groups excluding carboxylic acids is 1. The summed E-state index contributed by atoms with van der Waals surface area (Å²) in [5, 5.41) is 0. The van der Waals surface area contributed by atoms with E-state index in [9.17, 15) is 4.79 Å². The first kappa shape index (κ1) is 8.01. The van der Waals surface area contributed by atoms with Crippen molar-refractivity contribution in [2.45, 2.75) is 25.3 Å². The van der Waals surface area contributed by atoms with Gasteiger partial charge in [-0.05, 0) is 30.6 Å². The van der Waals surface area contributed by atoms with Crippen molar-refractivity contribution >= 4 is 5.97 Å². The minimum atomic E-state index is -0.285. The van der Waals surface area contributed by atoms with Crippen molar-refractivity contribution in [2.75, 3.05) is 7.11 Å². The summed E-state index contributed by atoms with van der Waals surface area (Å²) >= 11 is 0. The second-order valence-corrected chi connectivity index (χ2v) is 3.96. The van der Waals surface area contributed by atoms with E-state index in [0.717, 1.165) is 25.2 Å². The van der Waals surface area contributed by atoms with Crippen LogP contribution in [0.3, 0.4) is 0 Å². The van der Waals surface area contributed by atoms with Crippen LogP contribution >= 0.6 is 0 Å². The molecule has 68 valence electrons. The number of rotatable bonds is 3. The van der Waals surface area contributed by atoms with Crippen LogP contribution in [0.15, 0.2) is 0 Å². The summed E-state index contributed by atoms with van der Waals surface area (Å²) in [7, 11) is 1.40. The van der Waals surface area contributed by atoms with Gasteiger partial charge in [-0.2, -0.15) is 0 Å². The molecule has 0 aliphatic heterocycles. The average Bonchev–Trinajstić information content (AvgIpc) is 1.92. The second-order valence-electron chi connectivity index (χ2n) is 3.96. The Morgan fingerprint density at radius 3 is 2.50 bits per heavy atom. The summed E-state index contributed by atoms with van der Waals surface area (Å²) in [4.78, 5) is 11.2. The lowest BCUT2D eigenvalue weighted by Crippen LogP contribution is -2.66. The molecular weight excluding hydrogens is 156 g/mol. The number of esters is 1. The van der Waals surface area contributed by atoms with Gasteiger partial charge in [0, 0.05) is 0 Å². The van der Waals surface area contributed by atoms with E-state index in [1.54, 1.807) is 0 Å². The highest BCUT2D eigenvalue weighted by molar-refractivity contribution is 5.77. The minimum Gasteiger partial charge on any atom is -0.468 e. The molecule has 3 saturated carbocycles. The van der Waals surface area contributed by atoms with Crippen LogP contribution in [0, 0.1) is 11.3 Å². The van der Waals surface area contributed by atoms with Gasteiger partial charge in [-0.1, -0.05) is 0 Å². The fourth-order valence-corrected chi connectivity index (χ4v) is 2.51. The monoisotopic (exact) mass is 170 g/mol. The summed E-state index contributed by atoms with van der Waals surface area (Å²) in [6.07, 6.45) is 3.41. The van der Waals surface area contributed by atoms with Crippen molar-refractivity contribution in [3.63, 3.8) is 0 Å². The molecule has 0 saturated heterocycles. The van der Waals surface area contributed by atoms with Crippen molar-refractivity contribution < 1.29 is 9.53 Å². The lowest BCUT2D eigenvalue weighted by Gasteiger charge is -2.64. The standard InChI is InChI=1S/C8H14N2O2/c1-12-7(11)6(10-9)8-2-5(3-8)4-8/h5-6,10H,2-4,9H2,1H3/t5?,6-,8?/m1/s1. The number of nitrogens with one attached hydrogen (secondary N) is 1. The average molecular weight is 170 g/mol. The first-order valence-electron chi connectivity index (χ1n) is 4.26. The van der Waals surface area contributed by atoms with E-state index in [2.05, 4.69) is 10.2 Å². The molecule has 0 amide bonds. The van der Waals surface area contributed by atoms with E-state index < -0.39 is 0 Å². The molecule has 0 aromatic heterocycles. The van der Waals surface area contributed by atoms with Gasteiger partial charge >= 0.3 is 5.97 Å². The van der Waals surface area contributed by atoms with Gasteiger partial charge in [-0.3, -0.25) is 10.6 Å². The van der Waals surface area contributed by atoms with Gasteiger partial charge in [-0.15, -0.1) is 0 Å². The van der Waals surface area contributed by atoms with E-state index >= 15 is 0 Å². The van der Waals surface area contributed by atoms with Gasteiger partial charge in [0.25, 0.3) is 0 Å². The third-order valence-electron chi connectivity index (χ3n) is 3.30. The maximum absolute atomic E-state index is 11.2. The van der Waals surface area contributed by atoms with Crippen LogP contribution in [0.1, 0.15) is 19.3 Å². The predicted octanol–water partition coefficient (Wildman–Crippen LogP) is -0.209. The zero-order chi connectivity index (χ0) is 8.77. The third kappa shape index (κ3) is 0.820. The molecule has 3 fully saturated rings. The first-order valence-corrected chi connectivity index (χ1v) is 4.26. The fourth-order valence-electron chi connectivity index (χ4n) is 2.51. The number of nitrogens with two attached hydrogens (primary N) is 1. The molecular formula is C8H14N2O2. The Morgan fingerprint density at radius 2 is 2.25 bits per heavy atom. The van der Waals surface area contributed by atoms with E-state index in [4.69, 9.17) is 5.84 Å². The number of hydrogen-bond acceptors (Lipinski definition) is 4. The minimum absolute atomic E-state index is 0.145. The number of methoxy groups -OCH3 is 1. The molecule has 4 nitrogen and oxygen atoms in total. The molecule has 0 unspecified atom stereocenters. The van der Waals surface area contributed by atoms with Crippen molar-refractivity contribution in [2.24, 2.45) is 17.2 Å². The van der Waals surface area contributed by atoms with Gasteiger partial charge < -0.3 is 4.74 Å². The van der Waals surface area contributed by atoms with E-state index in [0.29, 0.717) is 0 Å². The first-order chi connectivity index (χ1) is 5.72. The molecule has 3 rings (SSSR count). The molecule has 4 heteroatoms. The molecule has 0 radical (unpaired) electrons. The number of hydrazine groups is 1. The van der Waals surface area contributed by atoms with Crippen molar-refractivity contribution in [1.29, 1.82) is 0 Å². The molecule has 0 spiro atoms. The quantitative estimate of drug-likeness (QED) is 0.349. The van der Waals surface area contributed by atoms with Crippen LogP contribution in [0.2, 0.25) is 0 Å². The van der Waals surface area contributed by atoms with Crippen molar-refractivity contribution in [3.8, 4) is 0 Å². The van der Waals surface area contributed by atoms with Crippen LogP contribution in [-0.2, 0) is 9.53 Å². The van der Waals surface area contributed by atoms with E-state index in [-0.39, 0.29) is 17.4 Å². The highest BCUT2D eigenvalue weighted by atomic mass is 16.5. The Kier molecular flexibility index (Phi) is 1.63. The lowest BCUT2D eigenvalue weighted by molar-refractivity contribution is -0.172. The fraction of sp³-hybridized carbons (Fsp3) is 0.875. The Labute approximate surface area is 71.4 Å². The molecule has 1 atom stereocenters. The Hall–Kier alpha value is -0.610. The summed E-state index contributed by atoms with van der Waals surface area (Å²) in [6, 6.07) is -0.285. The summed E-state index contributed by atoms with van der Waals surface area (Å²) < 4.78 is 4.67. The Bertz CT molecular complexity index is 200. The van der Waals surface area contributed by atoms with Gasteiger partial charge in [0.05, 0.1) is 7.11 Å². The highest BCUT2D eigenvalue weighted by Gasteiger charge is 2.62. The van der Waals surface area contributed by atoms with E-state index in [1.165, 1.54) is 7.11 Å². The van der Waals surface area contributed by atoms with Crippen molar-refractivity contribution in [1.82, 2.24) is 5.43 Å². The van der Waals surface area contributed by atoms with Gasteiger partial charge in [0.15, 0.2) is 0 Å². The zero-order valence-corrected chi connectivity index (χ0v) is 7.17. The summed E-state index contributed by atoms with van der Waals surface area (Å²) in [5.74, 6) is 5.94. The molecule has 0 heterocycles. The number of carbonyl (C=O) groups is 1. The normalized spacial score (nSPS) is 39.3. The largest absolute Gasteiger partial charge is 0.468 e. The Morgan fingerprint density at radius 1 is 1.67 bits per heavy atom. The molecule has 0 aromatic rings. The third-order valence-corrected chi connectivity index (χ3v) is 3.30. The zero-order valence-electron chi connectivity index (χ0n) is 7.17. The lowest BCUT2D eigenvalue weighted by atomic mass is 9.42. The Balaban J connectivity index is 2.02. The number of hydrogen-bond donors (Lipinski definition) is 2. The topological polar surface area (TPSA) is 64.3 Å². The highest BCUT2D eigenvalue weighted by Crippen LogP contribution is 2.66. The molecule has 2 bridgehead atoms. The SMILES string of the molecule is COC(=O)[C@@H](NN)C12CC(C1)C2. The van der Waals surface area contributed by atoms with Crippen LogP contribution in [0.25, 0.3) is 0 Å². The molecule has 0 aromatic carbocycles. The number of ether oxygens (including phenoxy) is 1. The predicted molar refractivity (Wildman–Crippen MR) is 42.9 cm³/mol.